The Balaban J connectivity index is 1.73. The van der Waals surface area contributed by atoms with E-state index in [1.807, 2.05) is 12.1 Å². The smallest absolute Gasteiger partial charge is 0.180 e. The van der Waals surface area contributed by atoms with Gasteiger partial charge in [-0.05, 0) is 11.1 Å². The fourth-order valence-electron chi connectivity index (χ4n) is 2.85. The maximum absolute atomic E-state index is 4.57. The quantitative estimate of drug-likeness (QED) is 0.625. The Kier molecular flexibility index (Phi) is 3.56. The van der Waals surface area contributed by atoms with Crippen LogP contribution in [0.25, 0.3) is 11.2 Å². The van der Waals surface area contributed by atoms with Gasteiger partial charge in [0.2, 0.25) is 0 Å². The van der Waals surface area contributed by atoms with Crippen LogP contribution in [-0.2, 0) is 6.42 Å². The molecule has 4 rings (SSSR count). The molecule has 0 saturated heterocycles. The summed E-state index contributed by atoms with van der Waals surface area (Å²) in [7, 11) is 0. The summed E-state index contributed by atoms with van der Waals surface area (Å²) in [6.07, 6.45) is 4.20. The highest BCUT2D eigenvalue weighted by atomic mass is 15.0. The number of nitrogens with one attached hydrogen (secondary N) is 1. The van der Waals surface area contributed by atoms with Crippen molar-refractivity contribution in [1.82, 2.24) is 19.9 Å². The number of fused-ring (bicyclic) bond motifs is 1. The first kappa shape index (κ1) is 13.6. The van der Waals surface area contributed by atoms with Crippen LogP contribution in [0.1, 0.15) is 22.9 Å². The second kappa shape index (κ2) is 6.01. The molecule has 0 amide bonds. The van der Waals surface area contributed by atoms with E-state index in [9.17, 15) is 0 Å². The van der Waals surface area contributed by atoms with Crippen molar-refractivity contribution >= 4 is 11.2 Å². The van der Waals surface area contributed by atoms with Gasteiger partial charge < -0.3 is 4.98 Å². The number of nitrogens with zero attached hydrogens (tertiary/aromatic N) is 3. The van der Waals surface area contributed by atoms with Gasteiger partial charge in [-0.25, -0.2) is 15.0 Å². The van der Waals surface area contributed by atoms with E-state index >= 15 is 0 Å². The van der Waals surface area contributed by atoms with Crippen LogP contribution in [0.3, 0.4) is 0 Å². The normalized spacial score (nSPS) is 11.2. The van der Waals surface area contributed by atoms with Gasteiger partial charge in [0.25, 0.3) is 0 Å². The summed E-state index contributed by atoms with van der Waals surface area (Å²) in [5.41, 5.74) is 4.12. The fraction of sp³-hybridized carbons (Fsp3) is 0.105. The first-order valence-corrected chi connectivity index (χ1v) is 7.65. The molecule has 4 heteroatoms. The molecule has 2 heterocycles. The van der Waals surface area contributed by atoms with Crippen molar-refractivity contribution in [2.75, 3.05) is 0 Å². The van der Waals surface area contributed by atoms with Crippen molar-refractivity contribution in [1.29, 1.82) is 0 Å². The molecule has 23 heavy (non-hydrogen) atoms. The van der Waals surface area contributed by atoms with E-state index in [0.717, 1.165) is 23.4 Å². The summed E-state index contributed by atoms with van der Waals surface area (Å²) >= 11 is 0. The number of benzene rings is 2. The van der Waals surface area contributed by atoms with Crippen molar-refractivity contribution in [3.63, 3.8) is 0 Å². The SMILES string of the molecule is c1ccc(C(Cc2ncc3[nH]cnc3n2)c2ccccc2)cc1. The number of aromatic nitrogens is 4. The van der Waals surface area contributed by atoms with Crippen LogP contribution in [0.2, 0.25) is 0 Å². The van der Waals surface area contributed by atoms with E-state index in [-0.39, 0.29) is 5.92 Å². The summed E-state index contributed by atoms with van der Waals surface area (Å²) in [5, 5.41) is 0. The lowest BCUT2D eigenvalue weighted by Gasteiger charge is -2.17. The van der Waals surface area contributed by atoms with Gasteiger partial charge in [0, 0.05) is 12.3 Å². The molecule has 0 spiro atoms. The van der Waals surface area contributed by atoms with Crippen LogP contribution in [-0.4, -0.2) is 19.9 Å². The number of hydrogen-bond donors (Lipinski definition) is 1. The number of imidazole rings is 1. The summed E-state index contributed by atoms with van der Waals surface area (Å²) in [4.78, 5) is 16.3. The van der Waals surface area contributed by atoms with Crippen LogP contribution in [0, 0.1) is 0 Å². The third-order valence-electron chi connectivity index (χ3n) is 4.02. The Morgan fingerprint density at radius 2 is 1.48 bits per heavy atom. The highest BCUT2D eigenvalue weighted by molar-refractivity contribution is 5.68. The zero-order valence-corrected chi connectivity index (χ0v) is 12.6. The molecule has 112 valence electrons. The second-order valence-electron chi connectivity index (χ2n) is 5.50. The van der Waals surface area contributed by atoms with Gasteiger partial charge in [-0.15, -0.1) is 0 Å². The minimum absolute atomic E-state index is 0.230. The monoisotopic (exact) mass is 300 g/mol. The first-order chi connectivity index (χ1) is 11.4. The van der Waals surface area contributed by atoms with Crippen LogP contribution in [0.5, 0.6) is 0 Å². The van der Waals surface area contributed by atoms with Crippen molar-refractivity contribution in [3.8, 4) is 0 Å². The molecule has 1 N–H and O–H groups in total. The molecule has 4 aromatic rings. The van der Waals surface area contributed by atoms with E-state index in [2.05, 4.69) is 68.5 Å². The van der Waals surface area contributed by atoms with Gasteiger partial charge in [-0.1, -0.05) is 60.7 Å². The summed E-state index contributed by atoms with van der Waals surface area (Å²) in [6.45, 7) is 0. The lowest BCUT2D eigenvalue weighted by Crippen LogP contribution is -2.08. The zero-order chi connectivity index (χ0) is 15.5. The minimum atomic E-state index is 0.230. The summed E-state index contributed by atoms with van der Waals surface area (Å²) in [6, 6.07) is 21.0. The average molecular weight is 300 g/mol. The molecule has 0 aliphatic carbocycles. The Morgan fingerprint density at radius 1 is 0.826 bits per heavy atom. The predicted octanol–water partition coefficient (Wildman–Crippen LogP) is 3.73. The third kappa shape index (κ3) is 2.83. The number of H-pyrrole nitrogens is 1. The average Bonchev–Trinajstić information content (AvgIpc) is 3.09. The van der Waals surface area contributed by atoms with Crippen LogP contribution >= 0.6 is 0 Å². The molecule has 2 aromatic heterocycles. The Morgan fingerprint density at radius 3 is 2.13 bits per heavy atom. The largest absolute Gasteiger partial charge is 0.342 e. The van der Waals surface area contributed by atoms with Crippen molar-refractivity contribution in [2.24, 2.45) is 0 Å². The topological polar surface area (TPSA) is 54.5 Å². The molecule has 0 fully saturated rings. The molecule has 0 atom stereocenters. The van der Waals surface area contributed by atoms with Gasteiger partial charge in [0.1, 0.15) is 11.3 Å². The van der Waals surface area contributed by atoms with Gasteiger partial charge in [0.05, 0.1) is 12.5 Å². The molecule has 0 radical (unpaired) electrons. The van der Waals surface area contributed by atoms with Gasteiger partial charge in [-0.3, -0.25) is 0 Å². The summed E-state index contributed by atoms with van der Waals surface area (Å²) in [5.74, 6) is 1.04. The fourth-order valence-corrected chi connectivity index (χ4v) is 2.85. The van der Waals surface area contributed by atoms with E-state index in [0.29, 0.717) is 0 Å². The molecule has 2 aromatic carbocycles. The first-order valence-electron chi connectivity index (χ1n) is 7.65. The molecular weight excluding hydrogens is 284 g/mol. The van der Waals surface area contributed by atoms with E-state index in [1.54, 1.807) is 12.5 Å². The summed E-state index contributed by atoms with van der Waals surface area (Å²) < 4.78 is 0. The zero-order valence-electron chi connectivity index (χ0n) is 12.6. The lowest BCUT2D eigenvalue weighted by molar-refractivity contribution is 0.758. The molecule has 0 saturated carbocycles. The highest BCUT2D eigenvalue weighted by Gasteiger charge is 2.16. The molecule has 4 nitrogen and oxygen atoms in total. The standard InChI is InChI=1S/C19H16N4/c1-3-7-14(8-4-1)16(15-9-5-2-6-10-15)11-18-20-12-17-19(23-18)22-13-21-17/h1-10,12-13,16H,11H2,(H,20,21,22,23). The number of rotatable bonds is 4. The van der Waals surface area contributed by atoms with Crippen molar-refractivity contribution in [3.05, 3.63) is 90.1 Å². The third-order valence-corrected chi connectivity index (χ3v) is 4.02. The molecule has 0 unspecified atom stereocenters. The molecule has 0 bridgehead atoms. The second-order valence-corrected chi connectivity index (χ2v) is 5.50. The molecule has 0 aliphatic heterocycles. The van der Waals surface area contributed by atoms with Crippen molar-refractivity contribution < 1.29 is 0 Å². The van der Waals surface area contributed by atoms with Crippen LogP contribution < -0.4 is 0 Å². The predicted molar refractivity (Wildman–Crippen MR) is 90.1 cm³/mol. The van der Waals surface area contributed by atoms with E-state index in [4.69, 9.17) is 0 Å². The Hall–Kier alpha value is -3.01. The molecule has 0 aliphatic rings. The van der Waals surface area contributed by atoms with Gasteiger partial charge in [-0.2, -0.15) is 0 Å². The van der Waals surface area contributed by atoms with Crippen LogP contribution in [0.15, 0.2) is 73.2 Å². The number of aromatic amines is 1. The maximum atomic E-state index is 4.57. The lowest BCUT2D eigenvalue weighted by atomic mass is 9.88. The maximum Gasteiger partial charge on any atom is 0.180 e. The van der Waals surface area contributed by atoms with Crippen molar-refractivity contribution in [2.45, 2.75) is 12.3 Å². The minimum Gasteiger partial charge on any atom is -0.342 e. The van der Waals surface area contributed by atoms with E-state index < -0.39 is 0 Å². The Labute approximate surface area is 134 Å². The van der Waals surface area contributed by atoms with E-state index in [1.165, 1.54) is 11.1 Å². The highest BCUT2D eigenvalue weighted by Crippen LogP contribution is 2.27. The Bertz CT molecular complexity index is 861. The van der Waals surface area contributed by atoms with Gasteiger partial charge >= 0.3 is 0 Å². The van der Waals surface area contributed by atoms with Crippen LogP contribution in [0.4, 0.5) is 0 Å². The molecular formula is C19H16N4. The number of hydrogen-bond acceptors (Lipinski definition) is 3. The van der Waals surface area contributed by atoms with Gasteiger partial charge in [0.15, 0.2) is 5.65 Å².